The minimum atomic E-state index is -0.223. The lowest BCUT2D eigenvalue weighted by Crippen LogP contribution is -2.41. The number of hydrogen-bond acceptors (Lipinski definition) is 4. The Balaban J connectivity index is 1.58. The highest BCUT2D eigenvalue weighted by molar-refractivity contribution is 7.80. The summed E-state index contributed by atoms with van der Waals surface area (Å²) in [6, 6.07) is 9.67. The van der Waals surface area contributed by atoms with Crippen molar-refractivity contribution in [3.05, 3.63) is 42.0 Å². The highest BCUT2D eigenvalue weighted by atomic mass is 32.1. The molecule has 0 saturated carbocycles. The van der Waals surface area contributed by atoms with Crippen molar-refractivity contribution in [1.29, 1.82) is 0 Å². The van der Waals surface area contributed by atoms with Gasteiger partial charge in [0.05, 0.1) is 13.2 Å². The summed E-state index contributed by atoms with van der Waals surface area (Å²) in [6.07, 6.45) is 4.23. The summed E-state index contributed by atoms with van der Waals surface area (Å²) < 4.78 is 5.31. The van der Waals surface area contributed by atoms with Crippen LogP contribution in [0.15, 0.2) is 36.4 Å². The van der Waals surface area contributed by atoms with Gasteiger partial charge in [0.15, 0.2) is 5.11 Å². The number of morpholine rings is 1. The number of hydrogen-bond donors (Lipinski definition) is 2. The van der Waals surface area contributed by atoms with Crippen LogP contribution in [0.2, 0.25) is 0 Å². The van der Waals surface area contributed by atoms with Crippen molar-refractivity contribution >= 4 is 29.3 Å². The topological polar surface area (TPSA) is 53.6 Å². The van der Waals surface area contributed by atoms with Crippen molar-refractivity contribution in [2.45, 2.75) is 6.42 Å². The molecule has 1 aromatic carbocycles. The number of amides is 1. The van der Waals surface area contributed by atoms with E-state index in [0.717, 1.165) is 51.4 Å². The second kappa shape index (κ2) is 10.1. The van der Waals surface area contributed by atoms with E-state index < -0.39 is 0 Å². The Kier molecular flexibility index (Phi) is 7.72. The van der Waals surface area contributed by atoms with Gasteiger partial charge in [0.2, 0.25) is 5.91 Å². The first-order valence-corrected chi connectivity index (χ1v) is 8.27. The Morgan fingerprint density at radius 1 is 1.26 bits per heavy atom. The van der Waals surface area contributed by atoms with E-state index in [1.807, 2.05) is 30.3 Å². The molecule has 2 N–H and O–H groups in total. The summed E-state index contributed by atoms with van der Waals surface area (Å²) in [5.74, 6) is -0.223. The second-order valence-corrected chi connectivity index (χ2v) is 5.70. The normalized spacial score (nSPS) is 15.5. The third-order valence-electron chi connectivity index (χ3n) is 3.50. The molecule has 1 aliphatic rings. The van der Waals surface area contributed by atoms with Gasteiger partial charge in [-0.3, -0.25) is 15.0 Å². The fraction of sp³-hybridized carbons (Fsp3) is 0.412. The molecule has 0 atom stereocenters. The molecule has 0 aromatic heterocycles. The standard InChI is InChI=1S/C17H23N3O2S/c21-16(8-7-15-5-2-1-3-6-15)19-17(23)18-9-4-10-20-11-13-22-14-12-20/h1-3,5-8H,4,9-14H2,(H2,18,19,21,23)/b8-7+. The van der Waals surface area contributed by atoms with Crippen LogP contribution in [-0.4, -0.2) is 55.3 Å². The van der Waals surface area contributed by atoms with E-state index >= 15 is 0 Å². The molecule has 0 bridgehead atoms. The molecule has 124 valence electrons. The number of nitrogens with one attached hydrogen (secondary N) is 2. The highest BCUT2D eigenvalue weighted by Gasteiger charge is 2.09. The molecule has 0 aliphatic carbocycles. The van der Waals surface area contributed by atoms with Crippen LogP contribution in [0.3, 0.4) is 0 Å². The summed E-state index contributed by atoms with van der Waals surface area (Å²) in [4.78, 5) is 14.1. The molecule has 0 radical (unpaired) electrons. The number of nitrogens with zero attached hydrogens (tertiary/aromatic N) is 1. The van der Waals surface area contributed by atoms with Gasteiger partial charge in [-0.15, -0.1) is 0 Å². The van der Waals surface area contributed by atoms with Crippen molar-refractivity contribution in [1.82, 2.24) is 15.5 Å². The van der Waals surface area contributed by atoms with E-state index in [-0.39, 0.29) is 5.91 Å². The summed E-state index contributed by atoms with van der Waals surface area (Å²) in [6.45, 7) is 5.38. The maximum atomic E-state index is 11.8. The zero-order valence-corrected chi connectivity index (χ0v) is 14.0. The Bertz CT molecular complexity index is 528. The van der Waals surface area contributed by atoms with E-state index in [1.54, 1.807) is 6.08 Å². The van der Waals surface area contributed by atoms with Gasteiger partial charge in [-0.2, -0.15) is 0 Å². The Morgan fingerprint density at radius 2 is 2.00 bits per heavy atom. The number of rotatable bonds is 6. The molecule has 1 fully saturated rings. The molecule has 1 amide bonds. The van der Waals surface area contributed by atoms with E-state index in [1.165, 1.54) is 6.08 Å². The monoisotopic (exact) mass is 333 g/mol. The quantitative estimate of drug-likeness (QED) is 0.468. The predicted molar refractivity (Wildman–Crippen MR) is 96.1 cm³/mol. The van der Waals surface area contributed by atoms with Crippen LogP contribution in [0.5, 0.6) is 0 Å². The first-order chi connectivity index (χ1) is 11.2. The number of thiocarbonyl (C=S) groups is 1. The summed E-state index contributed by atoms with van der Waals surface area (Å²) in [7, 11) is 0. The van der Waals surface area contributed by atoms with E-state index in [9.17, 15) is 4.79 Å². The van der Waals surface area contributed by atoms with E-state index in [2.05, 4.69) is 15.5 Å². The molecule has 1 aromatic rings. The molecule has 0 unspecified atom stereocenters. The van der Waals surface area contributed by atoms with Gasteiger partial charge >= 0.3 is 0 Å². The van der Waals surface area contributed by atoms with E-state index in [0.29, 0.717) is 5.11 Å². The van der Waals surface area contributed by atoms with Crippen LogP contribution < -0.4 is 10.6 Å². The van der Waals surface area contributed by atoms with Crippen LogP contribution in [0, 0.1) is 0 Å². The molecule has 6 heteroatoms. The highest BCUT2D eigenvalue weighted by Crippen LogP contribution is 2.00. The molecule has 23 heavy (non-hydrogen) atoms. The molecule has 1 saturated heterocycles. The van der Waals surface area contributed by atoms with Crippen molar-refractivity contribution in [3.8, 4) is 0 Å². The zero-order chi connectivity index (χ0) is 16.3. The molecule has 1 aliphatic heterocycles. The average molecular weight is 333 g/mol. The van der Waals surface area contributed by atoms with Gasteiger partial charge < -0.3 is 10.1 Å². The van der Waals surface area contributed by atoms with Crippen LogP contribution in [0.1, 0.15) is 12.0 Å². The largest absolute Gasteiger partial charge is 0.379 e. The minimum Gasteiger partial charge on any atom is -0.379 e. The van der Waals surface area contributed by atoms with Gasteiger partial charge in [0.1, 0.15) is 0 Å². The van der Waals surface area contributed by atoms with Crippen LogP contribution in [0.4, 0.5) is 0 Å². The minimum absolute atomic E-state index is 0.223. The van der Waals surface area contributed by atoms with Crippen LogP contribution >= 0.6 is 12.2 Å². The molecule has 5 nitrogen and oxygen atoms in total. The van der Waals surface area contributed by atoms with E-state index in [4.69, 9.17) is 17.0 Å². The van der Waals surface area contributed by atoms with Crippen molar-refractivity contribution < 1.29 is 9.53 Å². The lowest BCUT2D eigenvalue weighted by molar-refractivity contribution is -0.115. The lowest BCUT2D eigenvalue weighted by atomic mass is 10.2. The SMILES string of the molecule is O=C(/C=C/c1ccccc1)NC(=S)NCCCN1CCOCC1. The average Bonchev–Trinajstić information content (AvgIpc) is 2.59. The predicted octanol–water partition coefficient (Wildman–Crippen LogP) is 1.41. The van der Waals surface area contributed by atoms with Crippen molar-refractivity contribution in [2.24, 2.45) is 0 Å². The van der Waals surface area contributed by atoms with Gasteiger partial charge in [0, 0.05) is 25.7 Å². The summed E-state index contributed by atoms with van der Waals surface area (Å²) in [5, 5.41) is 6.08. The molecular weight excluding hydrogens is 310 g/mol. The fourth-order valence-corrected chi connectivity index (χ4v) is 2.47. The van der Waals surface area contributed by atoms with Gasteiger partial charge in [-0.1, -0.05) is 30.3 Å². The molecule has 0 spiro atoms. The number of carbonyl (C=O) groups is 1. The van der Waals surface area contributed by atoms with Crippen LogP contribution in [0.25, 0.3) is 6.08 Å². The molecular formula is C17H23N3O2S. The summed E-state index contributed by atoms with van der Waals surface area (Å²) in [5.41, 5.74) is 0.979. The second-order valence-electron chi connectivity index (χ2n) is 5.30. The fourth-order valence-electron chi connectivity index (χ4n) is 2.26. The lowest BCUT2D eigenvalue weighted by Gasteiger charge is -2.26. The van der Waals surface area contributed by atoms with Crippen molar-refractivity contribution in [3.63, 3.8) is 0 Å². The third kappa shape index (κ3) is 7.36. The van der Waals surface area contributed by atoms with Crippen LogP contribution in [-0.2, 0) is 9.53 Å². The molecule has 2 rings (SSSR count). The zero-order valence-electron chi connectivity index (χ0n) is 13.2. The van der Waals surface area contributed by atoms with Gasteiger partial charge in [-0.25, -0.2) is 0 Å². The first kappa shape index (κ1) is 17.6. The van der Waals surface area contributed by atoms with Gasteiger partial charge in [-0.05, 0) is 36.8 Å². The van der Waals surface area contributed by atoms with Gasteiger partial charge in [0.25, 0.3) is 0 Å². The number of benzene rings is 1. The number of carbonyl (C=O) groups excluding carboxylic acids is 1. The Hall–Kier alpha value is -1.76. The maximum Gasteiger partial charge on any atom is 0.250 e. The Morgan fingerprint density at radius 3 is 2.74 bits per heavy atom. The maximum absolute atomic E-state index is 11.8. The molecule has 1 heterocycles. The third-order valence-corrected chi connectivity index (χ3v) is 3.75. The first-order valence-electron chi connectivity index (χ1n) is 7.86. The van der Waals surface area contributed by atoms with Crippen molar-refractivity contribution in [2.75, 3.05) is 39.4 Å². The smallest absolute Gasteiger partial charge is 0.250 e. The Labute approximate surface area is 142 Å². The number of ether oxygens (including phenoxy) is 1. The summed E-state index contributed by atoms with van der Waals surface area (Å²) >= 11 is 5.12.